The molecule has 36 heavy (non-hydrogen) atoms. The number of nitroso groups, excluding NO2 is 1. The Balaban J connectivity index is 1.43. The number of amides is 2. The first-order chi connectivity index (χ1) is 17.5. The largest absolute Gasteiger partial charge is 0.477 e. The number of aromatic nitrogens is 4. The number of aromatic amines is 1. The van der Waals surface area contributed by atoms with Crippen LogP contribution in [0.1, 0.15) is 21.7 Å². The zero-order valence-corrected chi connectivity index (χ0v) is 20.6. The summed E-state index contributed by atoms with van der Waals surface area (Å²) in [4.78, 5) is 51.2. The number of carboxylic acid groups (broad SMARTS) is 1. The zero-order valence-electron chi connectivity index (χ0n) is 18.2. The van der Waals surface area contributed by atoms with Crippen molar-refractivity contribution in [3.8, 4) is 0 Å². The van der Waals surface area contributed by atoms with E-state index in [0.717, 1.165) is 5.56 Å². The number of H-pyrrole nitrogens is 1. The van der Waals surface area contributed by atoms with Gasteiger partial charge in [0, 0.05) is 10.6 Å². The number of hydrogen-bond donors (Lipinski definition) is 3. The number of fused-ring (bicyclic) bond motifs is 1. The van der Waals surface area contributed by atoms with Crippen LogP contribution in [0.4, 0.5) is 0 Å². The number of carbonyl (C=O) groups is 3. The number of nitrogens with zero attached hydrogens (tertiary/aromatic N) is 5. The highest BCUT2D eigenvalue weighted by atomic mass is 32.2. The van der Waals surface area contributed by atoms with Gasteiger partial charge in [0.2, 0.25) is 11.2 Å². The Bertz CT molecular complexity index is 1320. The minimum Gasteiger partial charge on any atom is -0.477 e. The lowest BCUT2D eigenvalue weighted by atomic mass is 9.98. The van der Waals surface area contributed by atoms with Crippen LogP contribution in [0.15, 0.2) is 69.4 Å². The predicted molar refractivity (Wildman–Crippen MR) is 132 cm³/mol. The van der Waals surface area contributed by atoms with Gasteiger partial charge in [-0.1, -0.05) is 53.3 Å². The van der Waals surface area contributed by atoms with Crippen LogP contribution in [0.3, 0.4) is 0 Å². The van der Waals surface area contributed by atoms with Gasteiger partial charge in [0.15, 0.2) is 0 Å². The monoisotopic (exact) mass is 543 g/mol. The molecule has 3 N–H and O–H groups in total. The maximum Gasteiger partial charge on any atom is 0.352 e. The first-order valence-electron chi connectivity index (χ1n) is 10.5. The molecule has 15 heteroatoms. The highest BCUT2D eigenvalue weighted by Gasteiger charge is 2.55. The van der Waals surface area contributed by atoms with Crippen molar-refractivity contribution in [2.45, 2.75) is 27.9 Å². The Hall–Kier alpha value is -3.56. The van der Waals surface area contributed by atoms with Gasteiger partial charge in [0.25, 0.3) is 11.8 Å². The van der Waals surface area contributed by atoms with Gasteiger partial charge in [0.05, 0.1) is 5.25 Å². The number of thioether (sulfide) groups is 2. The lowest BCUT2D eigenvalue weighted by Gasteiger charge is -2.50. The number of hydrogen-bond acceptors (Lipinski definition) is 11. The Morgan fingerprint density at radius 2 is 2.06 bits per heavy atom. The molecule has 1 fully saturated rings. The average molecular weight is 544 g/mol. The van der Waals surface area contributed by atoms with Crippen molar-refractivity contribution in [3.63, 3.8) is 0 Å². The standard InChI is InChI=1S/C21H17N7O5S3/c29-17(13(25-33)12-7-4-8-34-12)22-14-18(30)28-15(20(31)32)11(9-35-19(14)28)16(10-5-2-1-3-6-10)36-21-23-26-27-24-21/h1-8,13-14,16,19H,9H2,(H,22,29)(H,31,32)(H,23,24,26,27)/t13?,14-,16?,19+/m1/s1. The third-order valence-electron chi connectivity index (χ3n) is 5.63. The Kier molecular flexibility index (Phi) is 6.84. The summed E-state index contributed by atoms with van der Waals surface area (Å²) in [5.74, 6) is -2.24. The van der Waals surface area contributed by atoms with Crippen LogP contribution >= 0.6 is 34.9 Å². The fourth-order valence-corrected chi connectivity index (χ4v) is 7.30. The molecule has 4 heterocycles. The van der Waals surface area contributed by atoms with Gasteiger partial charge < -0.3 is 10.4 Å². The first kappa shape index (κ1) is 24.1. The van der Waals surface area contributed by atoms with E-state index in [1.165, 1.54) is 39.8 Å². The number of β-lactam (4-membered cyclic amide) rings is 1. The zero-order chi connectivity index (χ0) is 25.2. The topological polar surface area (TPSA) is 171 Å². The van der Waals surface area contributed by atoms with E-state index in [2.05, 4.69) is 31.1 Å². The van der Waals surface area contributed by atoms with Gasteiger partial charge in [-0.15, -0.1) is 38.2 Å². The maximum absolute atomic E-state index is 13.1. The molecule has 0 saturated carbocycles. The van der Waals surface area contributed by atoms with Crippen LogP contribution in [0.2, 0.25) is 0 Å². The van der Waals surface area contributed by atoms with E-state index >= 15 is 0 Å². The second-order valence-corrected chi connectivity index (χ2v) is 10.9. The van der Waals surface area contributed by atoms with E-state index in [9.17, 15) is 24.4 Å². The third kappa shape index (κ3) is 4.40. The molecule has 0 radical (unpaired) electrons. The molecule has 3 aromatic rings. The van der Waals surface area contributed by atoms with Crippen LogP contribution in [-0.2, 0) is 14.4 Å². The molecule has 4 atom stereocenters. The van der Waals surface area contributed by atoms with E-state index in [1.54, 1.807) is 17.5 Å². The van der Waals surface area contributed by atoms with Crippen molar-refractivity contribution in [1.29, 1.82) is 0 Å². The molecular formula is C21H17N7O5S3. The van der Waals surface area contributed by atoms with E-state index in [1.807, 2.05) is 30.3 Å². The van der Waals surface area contributed by atoms with Crippen molar-refractivity contribution < 1.29 is 19.5 Å². The second kappa shape index (κ2) is 10.2. The number of thiophene rings is 1. The molecule has 2 aliphatic heterocycles. The van der Waals surface area contributed by atoms with Crippen LogP contribution in [0.25, 0.3) is 0 Å². The molecule has 5 rings (SSSR count). The molecule has 0 spiro atoms. The number of tetrazole rings is 1. The van der Waals surface area contributed by atoms with Crippen LogP contribution in [0.5, 0.6) is 0 Å². The van der Waals surface area contributed by atoms with Crippen LogP contribution in [-0.4, -0.2) is 65.6 Å². The minimum absolute atomic E-state index is 0.137. The molecule has 1 saturated heterocycles. The normalized spacial score (nSPS) is 20.8. The van der Waals surface area contributed by atoms with Gasteiger partial charge in [-0.2, -0.15) is 5.21 Å². The maximum atomic E-state index is 13.1. The Morgan fingerprint density at radius 1 is 1.25 bits per heavy atom. The quantitative estimate of drug-likeness (QED) is 0.207. The van der Waals surface area contributed by atoms with E-state index in [-0.39, 0.29) is 11.4 Å². The van der Waals surface area contributed by atoms with Gasteiger partial charge in [-0.25, -0.2) is 4.79 Å². The summed E-state index contributed by atoms with van der Waals surface area (Å²) in [6.45, 7) is 0. The van der Waals surface area contributed by atoms with Crippen LogP contribution < -0.4 is 5.32 Å². The highest BCUT2D eigenvalue weighted by Crippen LogP contribution is 2.48. The summed E-state index contributed by atoms with van der Waals surface area (Å²) < 4.78 is 0. The molecule has 0 bridgehead atoms. The number of aliphatic carboxylic acids is 1. The summed E-state index contributed by atoms with van der Waals surface area (Å²) in [5.41, 5.74) is 1.19. The summed E-state index contributed by atoms with van der Waals surface area (Å²) in [6, 6.07) is 10.3. The minimum atomic E-state index is -1.28. The number of rotatable bonds is 9. The number of benzene rings is 1. The van der Waals surface area contributed by atoms with Crippen molar-refractivity contribution in [3.05, 3.63) is 74.5 Å². The third-order valence-corrected chi connectivity index (χ3v) is 9.04. The number of carbonyl (C=O) groups excluding carboxylic acids is 2. The lowest BCUT2D eigenvalue weighted by molar-refractivity contribution is -0.150. The fraction of sp³-hybridized carbons (Fsp3) is 0.238. The predicted octanol–water partition coefficient (Wildman–Crippen LogP) is 2.34. The average Bonchev–Trinajstić information content (AvgIpc) is 3.61. The highest BCUT2D eigenvalue weighted by molar-refractivity contribution is 8.01. The van der Waals surface area contributed by atoms with Crippen molar-refractivity contribution in [1.82, 2.24) is 30.8 Å². The van der Waals surface area contributed by atoms with Crippen molar-refractivity contribution in [2.75, 3.05) is 5.75 Å². The molecule has 184 valence electrons. The Morgan fingerprint density at radius 3 is 2.69 bits per heavy atom. The van der Waals surface area contributed by atoms with Gasteiger partial charge in [0.1, 0.15) is 17.1 Å². The van der Waals surface area contributed by atoms with Crippen molar-refractivity contribution in [2.24, 2.45) is 5.18 Å². The molecule has 12 nitrogen and oxygen atoms in total. The van der Waals surface area contributed by atoms with E-state index in [4.69, 9.17) is 0 Å². The molecule has 2 amide bonds. The van der Waals surface area contributed by atoms with Gasteiger partial charge in [-0.3, -0.25) is 14.5 Å². The van der Waals surface area contributed by atoms with Crippen LogP contribution in [0, 0.1) is 4.91 Å². The second-order valence-electron chi connectivity index (χ2n) is 7.70. The van der Waals surface area contributed by atoms with E-state index in [0.29, 0.717) is 15.6 Å². The number of nitrogens with one attached hydrogen (secondary N) is 2. The molecule has 1 aromatic carbocycles. The molecular weight excluding hydrogens is 526 g/mol. The smallest absolute Gasteiger partial charge is 0.352 e. The molecule has 2 aliphatic rings. The van der Waals surface area contributed by atoms with E-state index < -0.39 is 40.5 Å². The first-order valence-corrected chi connectivity index (χ1v) is 13.3. The number of carboxylic acids is 1. The fourth-order valence-electron chi connectivity index (χ4n) is 4.03. The Labute approximate surface area is 215 Å². The van der Waals surface area contributed by atoms with Gasteiger partial charge in [-0.05, 0) is 27.8 Å². The lowest BCUT2D eigenvalue weighted by Crippen LogP contribution is -2.70. The SMILES string of the molecule is O=NC(C(=O)N[C@@H]1C(=O)N2C(C(=O)O)=C(C(Sc3nn[nH]n3)c3ccccc3)CS[C@@H]12)c1cccs1. The molecule has 0 aliphatic carbocycles. The molecule has 2 aromatic heterocycles. The summed E-state index contributed by atoms with van der Waals surface area (Å²) in [6.07, 6.45) is 0. The summed E-state index contributed by atoms with van der Waals surface area (Å²) in [7, 11) is 0. The summed E-state index contributed by atoms with van der Waals surface area (Å²) >= 11 is 3.76. The summed E-state index contributed by atoms with van der Waals surface area (Å²) in [5, 5.41) is 30.5. The van der Waals surface area contributed by atoms with Crippen molar-refractivity contribution >= 4 is 52.6 Å². The molecule has 2 unspecified atom stereocenters. The van der Waals surface area contributed by atoms with Gasteiger partial charge >= 0.3 is 5.97 Å².